The number of phenols is 1. The van der Waals surface area contributed by atoms with Gasteiger partial charge < -0.3 is 9.84 Å². The van der Waals surface area contributed by atoms with Gasteiger partial charge in [0, 0.05) is 5.92 Å². The van der Waals surface area contributed by atoms with E-state index in [9.17, 15) is 14.7 Å². The van der Waals surface area contributed by atoms with E-state index >= 15 is 0 Å². The fourth-order valence-electron chi connectivity index (χ4n) is 4.48. The molecule has 21 heavy (non-hydrogen) atoms. The molecule has 0 aromatic heterocycles. The highest BCUT2D eigenvalue weighted by Crippen LogP contribution is 2.58. The van der Waals surface area contributed by atoms with Crippen molar-refractivity contribution in [2.45, 2.75) is 32.1 Å². The van der Waals surface area contributed by atoms with Crippen molar-refractivity contribution >= 4 is 11.8 Å². The number of methoxy groups -OCH3 is 1. The van der Waals surface area contributed by atoms with Gasteiger partial charge in [-0.05, 0) is 54.4 Å². The number of fused-ring (bicyclic) bond motifs is 2. The van der Waals surface area contributed by atoms with Crippen LogP contribution in [-0.2, 0) is 14.3 Å². The third-order valence-corrected chi connectivity index (χ3v) is 5.22. The molecule has 0 heterocycles. The fraction of sp³-hybridized carbons (Fsp3) is 0.529. The van der Waals surface area contributed by atoms with Crippen LogP contribution in [0.2, 0.25) is 0 Å². The lowest BCUT2D eigenvalue weighted by atomic mass is 9.52. The van der Waals surface area contributed by atoms with Crippen LogP contribution in [-0.4, -0.2) is 24.0 Å². The zero-order valence-electron chi connectivity index (χ0n) is 12.5. The fourth-order valence-corrected chi connectivity index (χ4v) is 4.48. The summed E-state index contributed by atoms with van der Waals surface area (Å²) in [5.74, 6) is -0.492. The van der Waals surface area contributed by atoms with Crippen LogP contribution in [0.25, 0.3) is 0 Å². The van der Waals surface area contributed by atoms with Crippen molar-refractivity contribution in [3.05, 3.63) is 29.3 Å². The largest absolute Gasteiger partial charge is 0.508 e. The minimum Gasteiger partial charge on any atom is -0.508 e. The van der Waals surface area contributed by atoms with Crippen LogP contribution in [0.1, 0.15) is 43.2 Å². The second-order valence-corrected chi connectivity index (χ2v) is 6.34. The Morgan fingerprint density at radius 1 is 1.24 bits per heavy atom. The van der Waals surface area contributed by atoms with E-state index in [0.717, 1.165) is 17.5 Å². The first-order chi connectivity index (χ1) is 9.95. The number of phenolic OH excluding ortho intramolecular Hbond substituents is 1. The molecule has 1 aromatic carbocycles. The second-order valence-electron chi connectivity index (χ2n) is 6.34. The van der Waals surface area contributed by atoms with Gasteiger partial charge in [-0.2, -0.15) is 0 Å². The average Bonchev–Trinajstić information content (AvgIpc) is 2.45. The van der Waals surface area contributed by atoms with Gasteiger partial charge in [0.25, 0.3) is 0 Å². The van der Waals surface area contributed by atoms with Crippen LogP contribution in [0.5, 0.6) is 5.75 Å². The standard InChI is InChI=1S/C17H20O4/c1-8-6-12-11-5-4-10(19)7-13(11)14(8)15(9(2)18)16(12)17(20)21-3/h4-5,7-8,12,14-16,19H,6H2,1-3H3. The first-order valence-corrected chi connectivity index (χ1v) is 7.36. The SMILES string of the molecule is COC(=O)C1C2CC(C)C(c3cc(O)ccc32)C1C(C)=O. The van der Waals surface area contributed by atoms with E-state index in [1.54, 1.807) is 19.1 Å². The number of aromatic hydroxyl groups is 1. The number of ether oxygens (including phenoxy) is 1. The first-order valence-electron chi connectivity index (χ1n) is 7.36. The third kappa shape index (κ3) is 1.96. The first kappa shape index (κ1) is 14.1. The van der Waals surface area contributed by atoms with Crippen LogP contribution in [0.15, 0.2) is 18.2 Å². The predicted octanol–water partition coefficient (Wildman–Crippen LogP) is 2.61. The van der Waals surface area contributed by atoms with Gasteiger partial charge in [-0.25, -0.2) is 0 Å². The van der Waals surface area contributed by atoms with Gasteiger partial charge in [-0.15, -0.1) is 0 Å². The molecule has 112 valence electrons. The van der Waals surface area contributed by atoms with Crippen molar-refractivity contribution in [2.24, 2.45) is 17.8 Å². The molecule has 0 amide bonds. The Labute approximate surface area is 124 Å². The van der Waals surface area contributed by atoms with Crippen molar-refractivity contribution in [1.29, 1.82) is 0 Å². The number of carbonyl (C=O) groups is 2. The minimum absolute atomic E-state index is 0.00181. The molecular weight excluding hydrogens is 268 g/mol. The van der Waals surface area contributed by atoms with Gasteiger partial charge in [0.05, 0.1) is 13.0 Å². The monoisotopic (exact) mass is 288 g/mol. The molecule has 5 unspecified atom stereocenters. The molecule has 4 rings (SSSR count). The molecular formula is C17H20O4. The zero-order valence-corrected chi connectivity index (χ0v) is 12.5. The zero-order chi connectivity index (χ0) is 15.3. The average molecular weight is 288 g/mol. The highest BCUT2D eigenvalue weighted by atomic mass is 16.5. The number of Topliss-reactive ketones (excluding diaryl/α,β-unsaturated/α-hetero) is 1. The smallest absolute Gasteiger partial charge is 0.310 e. The van der Waals surface area contributed by atoms with Gasteiger partial charge in [-0.3, -0.25) is 9.59 Å². The van der Waals surface area contributed by atoms with E-state index < -0.39 is 5.92 Å². The lowest BCUT2D eigenvalue weighted by molar-refractivity contribution is -0.154. The lowest BCUT2D eigenvalue weighted by Gasteiger charge is -2.50. The van der Waals surface area contributed by atoms with Crippen LogP contribution in [0.3, 0.4) is 0 Å². The molecule has 2 bridgehead atoms. The number of hydrogen-bond acceptors (Lipinski definition) is 4. The quantitative estimate of drug-likeness (QED) is 0.850. The summed E-state index contributed by atoms with van der Waals surface area (Å²) in [4.78, 5) is 24.4. The number of hydrogen-bond donors (Lipinski definition) is 1. The Morgan fingerprint density at radius 3 is 2.57 bits per heavy atom. The summed E-state index contributed by atoms with van der Waals surface area (Å²) in [6.07, 6.45) is 0.881. The molecule has 0 spiro atoms. The van der Waals surface area contributed by atoms with Crippen molar-refractivity contribution in [3.63, 3.8) is 0 Å². The maximum absolute atomic E-state index is 12.2. The molecule has 0 aliphatic heterocycles. The molecule has 0 radical (unpaired) electrons. The lowest BCUT2D eigenvalue weighted by Crippen LogP contribution is -2.48. The van der Waals surface area contributed by atoms with Crippen LogP contribution >= 0.6 is 0 Å². The van der Waals surface area contributed by atoms with Gasteiger partial charge in [-0.1, -0.05) is 13.0 Å². The highest BCUT2D eigenvalue weighted by molar-refractivity contribution is 5.88. The number of rotatable bonds is 2. The topological polar surface area (TPSA) is 63.6 Å². The van der Waals surface area contributed by atoms with E-state index in [0.29, 0.717) is 5.92 Å². The Balaban J connectivity index is 2.18. The summed E-state index contributed by atoms with van der Waals surface area (Å²) in [5.41, 5.74) is 2.11. The normalized spacial score (nSPS) is 33.4. The molecule has 4 heteroatoms. The number of carbonyl (C=O) groups excluding carboxylic acids is 2. The summed E-state index contributed by atoms with van der Waals surface area (Å²) in [6.45, 7) is 3.67. The van der Waals surface area contributed by atoms with E-state index in [1.165, 1.54) is 7.11 Å². The number of ketones is 1. The molecule has 3 aliphatic carbocycles. The van der Waals surface area contributed by atoms with E-state index in [-0.39, 0.29) is 35.3 Å². The molecule has 0 saturated heterocycles. The molecule has 5 atom stereocenters. The highest BCUT2D eigenvalue weighted by Gasteiger charge is 2.54. The molecule has 1 fully saturated rings. The van der Waals surface area contributed by atoms with Gasteiger partial charge in [0.1, 0.15) is 11.5 Å². The van der Waals surface area contributed by atoms with Crippen LogP contribution < -0.4 is 0 Å². The summed E-state index contributed by atoms with van der Waals surface area (Å²) >= 11 is 0. The summed E-state index contributed by atoms with van der Waals surface area (Å²) in [6, 6.07) is 5.30. The molecule has 4 nitrogen and oxygen atoms in total. The maximum Gasteiger partial charge on any atom is 0.310 e. The van der Waals surface area contributed by atoms with Crippen LogP contribution in [0.4, 0.5) is 0 Å². The van der Waals surface area contributed by atoms with Crippen molar-refractivity contribution in [3.8, 4) is 5.75 Å². The number of benzene rings is 1. The van der Waals surface area contributed by atoms with E-state index in [1.807, 2.05) is 6.07 Å². The Hall–Kier alpha value is -1.84. The van der Waals surface area contributed by atoms with E-state index in [4.69, 9.17) is 4.74 Å². The minimum atomic E-state index is -0.397. The molecule has 3 aliphatic rings. The van der Waals surface area contributed by atoms with Gasteiger partial charge in [0.2, 0.25) is 0 Å². The third-order valence-electron chi connectivity index (χ3n) is 5.22. The molecule has 1 saturated carbocycles. The molecule has 1 aromatic rings. The van der Waals surface area contributed by atoms with E-state index in [2.05, 4.69) is 6.92 Å². The summed E-state index contributed by atoms with van der Waals surface area (Å²) in [7, 11) is 1.38. The second kappa shape index (κ2) is 4.86. The molecule has 1 N–H and O–H groups in total. The van der Waals surface area contributed by atoms with Gasteiger partial charge in [0.15, 0.2) is 0 Å². The number of esters is 1. The predicted molar refractivity (Wildman–Crippen MR) is 77.0 cm³/mol. The van der Waals surface area contributed by atoms with Crippen molar-refractivity contribution in [1.82, 2.24) is 0 Å². The van der Waals surface area contributed by atoms with Crippen molar-refractivity contribution in [2.75, 3.05) is 7.11 Å². The van der Waals surface area contributed by atoms with Crippen LogP contribution in [0, 0.1) is 17.8 Å². The Kier molecular flexibility index (Phi) is 3.27. The van der Waals surface area contributed by atoms with Gasteiger partial charge >= 0.3 is 5.97 Å². The maximum atomic E-state index is 12.2. The Bertz CT molecular complexity index is 607. The van der Waals surface area contributed by atoms with Crippen molar-refractivity contribution < 1.29 is 19.4 Å². The summed E-state index contributed by atoms with van der Waals surface area (Å²) < 4.78 is 4.96. The summed E-state index contributed by atoms with van der Waals surface area (Å²) in [5, 5.41) is 9.77. The Morgan fingerprint density at radius 2 is 1.95 bits per heavy atom.